The first-order chi connectivity index (χ1) is 9.44. The number of rotatable bonds is 6. The summed E-state index contributed by atoms with van der Waals surface area (Å²) in [5, 5.41) is 4.32. The smallest absolute Gasteiger partial charge is 0.148 e. The Kier molecular flexibility index (Phi) is 4.57. The minimum absolute atomic E-state index is 0.177. The quantitative estimate of drug-likeness (QED) is 0.807. The predicted octanol–water partition coefficient (Wildman–Crippen LogP) is 1.35. The largest absolute Gasteiger partial charge is 0.301 e. The van der Waals surface area contributed by atoms with Gasteiger partial charge in [-0.3, -0.25) is 0 Å². The van der Waals surface area contributed by atoms with Gasteiger partial charge in [0, 0.05) is 31.1 Å². The van der Waals surface area contributed by atoms with Crippen LogP contribution in [0.5, 0.6) is 0 Å². The van der Waals surface area contributed by atoms with E-state index in [2.05, 4.69) is 5.10 Å². The van der Waals surface area contributed by atoms with Gasteiger partial charge in [-0.1, -0.05) is 18.2 Å². The third-order valence-electron chi connectivity index (χ3n) is 2.95. The molecule has 2 rings (SSSR count). The lowest BCUT2D eigenvalue weighted by Gasteiger charge is -2.14. The summed E-state index contributed by atoms with van der Waals surface area (Å²) >= 11 is 0. The van der Waals surface area contributed by atoms with Gasteiger partial charge in [-0.15, -0.1) is 0 Å². The van der Waals surface area contributed by atoms with Crippen molar-refractivity contribution in [3.8, 4) is 5.69 Å². The zero-order chi connectivity index (χ0) is 14.6. The van der Waals surface area contributed by atoms with E-state index < -0.39 is 9.84 Å². The maximum absolute atomic E-state index is 11.1. The van der Waals surface area contributed by atoms with Gasteiger partial charge in [-0.2, -0.15) is 5.10 Å². The van der Waals surface area contributed by atoms with Crippen LogP contribution in [-0.2, 0) is 16.4 Å². The lowest BCUT2D eigenvalue weighted by molar-refractivity contribution is 0.346. The van der Waals surface area contributed by atoms with Crippen LogP contribution in [0, 0.1) is 0 Å². The van der Waals surface area contributed by atoms with E-state index in [0.29, 0.717) is 13.1 Å². The van der Waals surface area contributed by atoms with Gasteiger partial charge in [0.2, 0.25) is 0 Å². The first-order valence-electron chi connectivity index (χ1n) is 6.39. The lowest BCUT2D eigenvalue weighted by atomic mass is 10.3. The Labute approximate surface area is 119 Å². The second-order valence-corrected chi connectivity index (χ2v) is 7.26. The van der Waals surface area contributed by atoms with Crippen LogP contribution in [0.4, 0.5) is 0 Å². The Morgan fingerprint density at radius 2 is 1.95 bits per heavy atom. The van der Waals surface area contributed by atoms with Crippen molar-refractivity contribution in [1.82, 2.24) is 14.7 Å². The van der Waals surface area contributed by atoms with Crippen LogP contribution in [0.15, 0.2) is 42.7 Å². The van der Waals surface area contributed by atoms with E-state index in [-0.39, 0.29) is 5.75 Å². The van der Waals surface area contributed by atoms with Crippen LogP contribution in [0.3, 0.4) is 0 Å². The van der Waals surface area contributed by atoms with E-state index in [1.807, 2.05) is 59.4 Å². The number of hydrogen-bond donors (Lipinski definition) is 0. The molecule has 0 N–H and O–H groups in total. The molecule has 0 atom stereocenters. The molecule has 0 fully saturated rings. The standard InChI is InChI=1S/C14H19N3O2S/c1-16(8-9-20(2,18)19)11-13-10-15-17(12-13)14-6-4-3-5-7-14/h3-7,10,12H,8-9,11H2,1-2H3. The fourth-order valence-electron chi connectivity index (χ4n) is 1.88. The molecule has 0 amide bonds. The molecule has 0 aliphatic heterocycles. The van der Waals surface area contributed by atoms with E-state index in [0.717, 1.165) is 11.3 Å². The molecule has 20 heavy (non-hydrogen) atoms. The molecule has 0 saturated carbocycles. The normalized spacial score (nSPS) is 11.9. The summed E-state index contributed by atoms with van der Waals surface area (Å²) in [6.07, 6.45) is 5.03. The van der Waals surface area contributed by atoms with E-state index in [1.54, 1.807) is 0 Å². The number of sulfone groups is 1. The molecule has 5 nitrogen and oxygen atoms in total. The van der Waals surface area contributed by atoms with Gasteiger partial charge >= 0.3 is 0 Å². The summed E-state index contributed by atoms with van der Waals surface area (Å²) in [5.74, 6) is 0.177. The van der Waals surface area contributed by atoms with Crippen LogP contribution in [0.25, 0.3) is 5.69 Å². The highest BCUT2D eigenvalue weighted by Crippen LogP contribution is 2.09. The number of aromatic nitrogens is 2. The van der Waals surface area contributed by atoms with Gasteiger partial charge in [0.15, 0.2) is 0 Å². The minimum atomic E-state index is -2.91. The number of nitrogens with zero attached hydrogens (tertiary/aromatic N) is 3. The lowest BCUT2D eigenvalue weighted by Crippen LogP contribution is -2.24. The van der Waals surface area contributed by atoms with Crippen molar-refractivity contribution in [2.75, 3.05) is 25.6 Å². The highest BCUT2D eigenvalue weighted by atomic mass is 32.2. The van der Waals surface area contributed by atoms with E-state index in [4.69, 9.17) is 0 Å². The van der Waals surface area contributed by atoms with Crippen LogP contribution < -0.4 is 0 Å². The zero-order valence-corrected chi connectivity index (χ0v) is 12.5. The van der Waals surface area contributed by atoms with Crippen molar-refractivity contribution in [3.05, 3.63) is 48.3 Å². The molecule has 0 radical (unpaired) electrons. The Morgan fingerprint density at radius 3 is 2.60 bits per heavy atom. The fourth-order valence-corrected chi connectivity index (χ4v) is 2.52. The zero-order valence-electron chi connectivity index (χ0n) is 11.7. The second kappa shape index (κ2) is 6.19. The van der Waals surface area contributed by atoms with Gasteiger partial charge in [0.25, 0.3) is 0 Å². The molecular formula is C14H19N3O2S. The number of benzene rings is 1. The number of para-hydroxylation sites is 1. The average molecular weight is 293 g/mol. The SMILES string of the molecule is CN(CCS(C)(=O)=O)Cc1cnn(-c2ccccc2)c1. The molecule has 108 valence electrons. The van der Waals surface area contributed by atoms with Gasteiger partial charge in [0.05, 0.1) is 17.6 Å². The Bertz CT molecular complexity index is 650. The summed E-state index contributed by atoms with van der Waals surface area (Å²) in [4.78, 5) is 1.98. The molecule has 0 spiro atoms. The van der Waals surface area contributed by atoms with Crippen LogP contribution in [-0.4, -0.2) is 48.7 Å². The van der Waals surface area contributed by atoms with E-state index in [9.17, 15) is 8.42 Å². The van der Waals surface area contributed by atoms with Crippen molar-refractivity contribution in [3.63, 3.8) is 0 Å². The summed E-state index contributed by atoms with van der Waals surface area (Å²) in [5.41, 5.74) is 2.07. The fraction of sp³-hybridized carbons (Fsp3) is 0.357. The van der Waals surface area contributed by atoms with Gasteiger partial charge < -0.3 is 4.90 Å². The molecule has 2 aromatic rings. The Hall–Kier alpha value is -1.66. The Morgan fingerprint density at radius 1 is 1.25 bits per heavy atom. The molecule has 0 bridgehead atoms. The van der Waals surface area contributed by atoms with E-state index >= 15 is 0 Å². The van der Waals surface area contributed by atoms with Crippen molar-refractivity contribution < 1.29 is 8.42 Å². The molecule has 0 aliphatic rings. The molecule has 0 saturated heterocycles. The van der Waals surface area contributed by atoms with Crippen molar-refractivity contribution in [2.24, 2.45) is 0 Å². The van der Waals surface area contributed by atoms with Crippen molar-refractivity contribution in [1.29, 1.82) is 0 Å². The van der Waals surface area contributed by atoms with Gasteiger partial charge in [-0.05, 0) is 19.2 Å². The highest BCUT2D eigenvalue weighted by molar-refractivity contribution is 7.90. The first-order valence-corrected chi connectivity index (χ1v) is 8.45. The Balaban J connectivity index is 1.96. The highest BCUT2D eigenvalue weighted by Gasteiger charge is 2.07. The predicted molar refractivity (Wildman–Crippen MR) is 79.6 cm³/mol. The summed E-state index contributed by atoms with van der Waals surface area (Å²) in [6.45, 7) is 1.21. The minimum Gasteiger partial charge on any atom is -0.301 e. The molecule has 0 unspecified atom stereocenters. The molecular weight excluding hydrogens is 274 g/mol. The first kappa shape index (κ1) is 14.7. The van der Waals surface area contributed by atoms with Crippen LogP contribution >= 0.6 is 0 Å². The number of hydrogen-bond acceptors (Lipinski definition) is 4. The van der Waals surface area contributed by atoms with Gasteiger partial charge in [-0.25, -0.2) is 13.1 Å². The monoisotopic (exact) mass is 293 g/mol. The van der Waals surface area contributed by atoms with E-state index in [1.165, 1.54) is 6.26 Å². The van der Waals surface area contributed by atoms with Crippen LogP contribution in [0.2, 0.25) is 0 Å². The maximum atomic E-state index is 11.1. The summed E-state index contributed by atoms with van der Waals surface area (Å²) in [7, 11) is -1.00. The average Bonchev–Trinajstić information content (AvgIpc) is 2.85. The third-order valence-corrected chi connectivity index (χ3v) is 3.88. The maximum Gasteiger partial charge on any atom is 0.148 e. The second-order valence-electron chi connectivity index (χ2n) is 5.00. The molecule has 1 heterocycles. The molecule has 0 aliphatic carbocycles. The summed E-state index contributed by atoms with van der Waals surface area (Å²) in [6, 6.07) is 9.88. The van der Waals surface area contributed by atoms with Gasteiger partial charge in [0.1, 0.15) is 9.84 Å². The van der Waals surface area contributed by atoms with Crippen LogP contribution in [0.1, 0.15) is 5.56 Å². The molecule has 6 heteroatoms. The third kappa shape index (κ3) is 4.47. The topological polar surface area (TPSA) is 55.2 Å². The summed E-state index contributed by atoms with van der Waals surface area (Å²) < 4.78 is 24.1. The molecule has 1 aromatic heterocycles. The van der Waals surface area contributed by atoms with Crippen molar-refractivity contribution in [2.45, 2.75) is 6.54 Å². The molecule has 1 aromatic carbocycles. The van der Waals surface area contributed by atoms with Crippen molar-refractivity contribution >= 4 is 9.84 Å².